The molecule has 9 heteroatoms. The van der Waals surface area contributed by atoms with Gasteiger partial charge in [-0.05, 0) is 6.92 Å². The Kier molecular flexibility index (Phi) is 6.44. The van der Waals surface area contributed by atoms with E-state index < -0.39 is 5.91 Å². The second-order valence-electron chi connectivity index (χ2n) is 4.15. The average molecular weight is 283 g/mol. The summed E-state index contributed by atoms with van der Waals surface area (Å²) >= 11 is 0. The molecule has 9 nitrogen and oxygen atoms in total. The maximum Gasteiger partial charge on any atom is 0.243 e. The van der Waals surface area contributed by atoms with E-state index in [0.29, 0.717) is 31.0 Å². The molecule has 0 aromatic carbocycles. The van der Waals surface area contributed by atoms with Crippen LogP contribution in [0.4, 0.5) is 17.8 Å². The predicted molar refractivity (Wildman–Crippen MR) is 76.8 cm³/mol. The summed E-state index contributed by atoms with van der Waals surface area (Å²) in [6.07, 6.45) is 0. The van der Waals surface area contributed by atoms with Crippen molar-refractivity contribution in [2.24, 2.45) is 5.73 Å². The van der Waals surface area contributed by atoms with Crippen molar-refractivity contribution < 1.29 is 9.53 Å². The highest BCUT2D eigenvalue weighted by atomic mass is 16.5. The summed E-state index contributed by atoms with van der Waals surface area (Å²) in [6, 6.07) is 0. The molecule has 4 N–H and O–H groups in total. The number of ether oxygens (including phenoxy) is 1. The Labute approximate surface area is 117 Å². The van der Waals surface area contributed by atoms with Crippen molar-refractivity contribution in [2.45, 2.75) is 6.92 Å². The Morgan fingerprint density at radius 2 is 1.90 bits per heavy atom. The molecule has 0 fully saturated rings. The number of nitrogens with zero attached hydrogens (tertiary/aromatic N) is 4. The van der Waals surface area contributed by atoms with Gasteiger partial charge in [0.2, 0.25) is 23.8 Å². The molecule has 0 aliphatic carbocycles. The first-order valence-electron chi connectivity index (χ1n) is 6.30. The highest BCUT2D eigenvalue weighted by Gasteiger charge is 2.07. The fraction of sp³-hybridized carbons (Fsp3) is 0.636. The quantitative estimate of drug-likeness (QED) is 0.508. The zero-order chi connectivity index (χ0) is 15.0. The molecule has 0 bridgehead atoms. The van der Waals surface area contributed by atoms with Gasteiger partial charge in [0.25, 0.3) is 0 Å². The second kappa shape index (κ2) is 8.10. The third-order valence-electron chi connectivity index (χ3n) is 2.13. The van der Waals surface area contributed by atoms with Gasteiger partial charge >= 0.3 is 0 Å². The predicted octanol–water partition coefficient (Wildman–Crippen LogP) is -0.717. The molecule has 20 heavy (non-hydrogen) atoms. The van der Waals surface area contributed by atoms with Crippen LogP contribution in [-0.4, -0.2) is 61.3 Å². The molecule has 1 heterocycles. The van der Waals surface area contributed by atoms with E-state index in [0.717, 1.165) is 6.54 Å². The molecule has 1 rings (SSSR count). The van der Waals surface area contributed by atoms with E-state index in [1.54, 1.807) is 4.90 Å². The summed E-state index contributed by atoms with van der Waals surface area (Å²) in [5.74, 6) is 1.01. The molecule has 0 aliphatic heterocycles. The van der Waals surface area contributed by atoms with Crippen LogP contribution in [0.1, 0.15) is 6.92 Å². The van der Waals surface area contributed by atoms with Gasteiger partial charge in [0.1, 0.15) is 6.61 Å². The number of anilines is 3. The number of hydrogen-bond acceptors (Lipinski definition) is 8. The van der Waals surface area contributed by atoms with E-state index >= 15 is 0 Å². The lowest BCUT2D eigenvalue weighted by Gasteiger charge is -2.13. The van der Waals surface area contributed by atoms with Gasteiger partial charge in [0.15, 0.2) is 0 Å². The van der Waals surface area contributed by atoms with E-state index in [1.807, 2.05) is 21.0 Å². The number of nitrogens with two attached hydrogens (primary N) is 1. The van der Waals surface area contributed by atoms with Crippen molar-refractivity contribution >= 4 is 23.8 Å². The SMILES string of the molecule is CCNc1nc(NCCOCC(N)=O)nc(N(C)C)n1. The molecule has 0 aliphatic rings. The smallest absolute Gasteiger partial charge is 0.243 e. The van der Waals surface area contributed by atoms with Crippen LogP contribution in [0, 0.1) is 0 Å². The highest BCUT2D eigenvalue weighted by molar-refractivity contribution is 5.74. The van der Waals surface area contributed by atoms with Crippen LogP contribution < -0.4 is 21.3 Å². The fourth-order valence-corrected chi connectivity index (χ4v) is 1.29. The molecule has 0 saturated heterocycles. The number of aromatic nitrogens is 3. The number of primary amides is 1. The van der Waals surface area contributed by atoms with Crippen molar-refractivity contribution in [1.29, 1.82) is 0 Å². The summed E-state index contributed by atoms with van der Waals surface area (Å²) in [5, 5.41) is 6.04. The number of nitrogens with one attached hydrogen (secondary N) is 2. The summed E-state index contributed by atoms with van der Waals surface area (Å²) in [7, 11) is 3.70. The molecule has 1 aromatic heterocycles. The lowest BCUT2D eigenvalue weighted by atomic mass is 10.6. The summed E-state index contributed by atoms with van der Waals surface area (Å²) in [5.41, 5.74) is 4.96. The maximum atomic E-state index is 10.5. The van der Waals surface area contributed by atoms with Crippen LogP contribution in [0.25, 0.3) is 0 Å². The van der Waals surface area contributed by atoms with Gasteiger partial charge in [-0.2, -0.15) is 15.0 Å². The van der Waals surface area contributed by atoms with Crippen LogP contribution in [0.15, 0.2) is 0 Å². The Balaban J connectivity index is 2.57. The molecule has 1 aromatic rings. The first-order valence-corrected chi connectivity index (χ1v) is 6.30. The average Bonchev–Trinajstić information content (AvgIpc) is 2.38. The number of carbonyl (C=O) groups is 1. The fourth-order valence-electron chi connectivity index (χ4n) is 1.29. The molecular formula is C11H21N7O2. The summed E-state index contributed by atoms with van der Waals surface area (Å²) in [4.78, 5) is 25.0. The Morgan fingerprint density at radius 1 is 1.25 bits per heavy atom. The lowest BCUT2D eigenvalue weighted by molar-refractivity contribution is -0.122. The first-order chi connectivity index (χ1) is 9.52. The molecule has 0 unspecified atom stereocenters. The van der Waals surface area contributed by atoms with Gasteiger partial charge in [-0.1, -0.05) is 0 Å². The van der Waals surface area contributed by atoms with E-state index in [-0.39, 0.29) is 6.61 Å². The van der Waals surface area contributed by atoms with Gasteiger partial charge in [-0.25, -0.2) is 0 Å². The maximum absolute atomic E-state index is 10.5. The third kappa shape index (κ3) is 5.65. The third-order valence-corrected chi connectivity index (χ3v) is 2.13. The van der Waals surface area contributed by atoms with E-state index in [1.165, 1.54) is 0 Å². The van der Waals surface area contributed by atoms with Gasteiger partial charge in [0.05, 0.1) is 6.61 Å². The van der Waals surface area contributed by atoms with E-state index in [2.05, 4.69) is 25.6 Å². The zero-order valence-electron chi connectivity index (χ0n) is 12.0. The summed E-state index contributed by atoms with van der Waals surface area (Å²) < 4.78 is 5.04. The van der Waals surface area contributed by atoms with Crippen LogP contribution in [0.3, 0.4) is 0 Å². The minimum atomic E-state index is -0.491. The van der Waals surface area contributed by atoms with Crippen LogP contribution in [0.5, 0.6) is 0 Å². The minimum absolute atomic E-state index is 0.0928. The van der Waals surface area contributed by atoms with Gasteiger partial charge in [0, 0.05) is 27.2 Å². The van der Waals surface area contributed by atoms with Gasteiger partial charge in [-0.3, -0.25) is 4.79 Å². The number of rotatable bonds is 9. The van der Waals surface area contributed by atoms with E-state index in [9.17, 15) is 4.79 Å². The van der Waals surface area contributed by atoms with Crippen molar-refractivity contribution in [2.75, 3.05) is 55.9 Å². The van der Waals surface area contributed by atoms with Crippen LogP contribution in [0.2, 0.25) is 0 Å². The monoisotopic (exact) mass is 283 g/mol. The normalized spacial score (nSPS) is 10.2. The van der Waals surface area contributed by atoms with Crippen molar-refractivity contribution in [3.05, 3.63) is 0 Å². The number of carbonyl (C=O) groups excluding carboxylic acids is 1. The topological polar surface area (TPSA) is 118 Å². The second-order valence-corrected chi connectivity index (χ2v) is 4.15. The molecule has 0 radical (unpaired) electrons. The Bertz CT molecular complexity index is 439. The zero-order valence-corrected chi connectivity index (χ0v) is 12.0. The van der Waals surface area contributed by atoms with Crippen molar-refractivity contribution in [3.63, 3.8) is 0 Å². The first kappa shape index (κ1) is 15.9. The Morgan fingerprint density at radius 3 is 2.45 bits per heavy atom. The highest BCUT2D eigenvalue weighted by Crippen LogP contribution is 2.10. The van der Waals surface area contributed by atoms with Gasteiger partial charge in [-0.15, -0.1) is 0 Å². The van der Waals surface area contributed by atoms with Gasteiger partial charge < -0.3 is 26.0 Å². The molecule has 112 valence electrons. The standard InChI is InChI=1S/C11H21N7O2/c1-4-13-9-15-10(17-11(16-9)18(2)3)14-5-6-20-7-8(12)19/h4-7H2,1-3H3,(H2,12,19)(H2,13,14,15,16,17). The lowest BCUT2D eigenvalue weighted by Crippen LogP contribution is -2.21. The van der Waals surface area contributed by atoms with Crippen LogP contribution >= 0.6 is 0 Å². The minimum Gasteiger partial charge on any atom is -0.370 e. The Hall–Kier alpha value is -2.16. The van der Waals surface area contributed by atoms with Crippen molar-refractivity contribution in [1.82, 2.24) is 15.0 Å². The van der Waals surface area contributed by atoms with E-state index in [4.69, 9.17) is 10.5 Å². The van der Waals surface area contributed by atoms with Crippen molar-refractivity contribution in [3.8, 4) is 0 Å². The molecular weight excluding hydrogens is 262 g/mol. The molecule has 1 amide bonds. The molecule has 0 saturated carbocycles. The molecule has 0 atom stereocenters. The summed E-state index contributed by atoms with van der Waals surface area (Å²) in [6.45, 7) is 3.39. The number of amides is 1. The number of hydrogen-bond donors (Lipinski definition) is 3. The largest absolute Gasteiger partial charge is 0.370 e. The molecule has 0 spiro atoms. The van der Waals surface area contributed by atoms with Crippen LogP contribution in [-0.2, 0) is 9.53 Å².